The van der Waals surface area contributed by atoms with E-state index in [9.17, 15) is 15.2 Å². The minimum atomic E-state index is -1.55. The zero-order valence-electron chi connectivity index (χ0n) is 11.8. The molecule has 0 spiro atoms. The number of aliphatic hydroxyl groups is 1. The molecule has 0 radical (unpaired) electrons. The van der Waals surface area contributed by atoms with Gasteiger partial charge in [0, 0.05) is 11.6 Å². The van der Waals surface area contributed by atoms with E-state index < -0.39 is 16.9 Å². The number of amides is 1. The fourth-order valence-electron chi connectivity index (χ4n) is 2.27. The first kappa shape index (κ1) is 14.8. The summed E-state index contributed by atoms with van der Waals surface area (Å²) in [4.78, 5) is 10.8. The zero-order valence-corrected chi connectivity index (χ0v) is 11.8. The molecule has 1 aromatic rings. The number of nitrogens with zero attached hydrogens (tertiary/aromatic N) is 1. The van der Waals surface area contributed by atoms with Gasteiger partial charge in [-0.2, -0.15) is 5.26 Å². The summed E-state index contributed by atoms with van der Waals surface area (Å²) in [5.74, 6) is 4.93. The van der Waals surface area contributed by atoms with Crippen molar-refractivity contribution < 1.29 is 9.90 Å². The summed E-state index contributed by atoms with van der Waals surface area (Å²) < 4.78 is 0. The smallest absolute Gasteiger partial charge is 0.242 e. The van der Waals surface area contributed by atoms with Gasteiger partial charge in [-0.3, -0.25) is 4.79 Å². The SMILES string of the molecule is C/C(C#C[C@](O)(c1ccccc1)C1(C#N)CC1)=C\C(N)=O. The van der Waals surface area contributed by atoms with Crippen molar-refractivity contribution in [3.05, 3.63) is 47.5 Å². The van der Waals surface area contributed by atoms with Crippen LogP contribution in [0.2, 0.25) is 0 Å². The molecule has 0 aliphatic heterocycles. The van der Waals surface area contributed by atoms with Crippen molar-refractivity contribution in [2.24, 2.45) is 11.1 Å². The van der Waals surface area contributed by atoms with E-state index in [0.29, 0.717) is 24.0 Å². The monoisotopic (exact) mass is 280 g/mol. The first-order chi connectivity index (χ1) is 9.93. The molecule has 4 heteroatoms. The van der Waals surface area contributed by atoms with E-state index in [1.54, 1.807) is 31.2 Å². The van der Waals surface area contributed by atoms with Crippen LogP contribution < -0.4 is 5.73 Å². The van der Waals surface area contributed by atoms with Crippen LogP contribution in [0.25, 0.3) is 0 Å². The van der Waals surface area contributed by atoms with Crippen LogP contribution in [0, 0.1) is 28.6 Å². The van der Waals surface area contributed by atoms with Crippen molar-refractivity contribution in [3.63, 3.8) is 0 Å². The summed E-state index contributed by atoms with van der Waals surface area (Å²) in [5.41, 5.74) is 3.68. The molecule has 0 saturated heterocycles. The molecular weight excluding hydrogens is 264 g/mol. The molecule has 4 nitrogen and oxygen atoms in total. The van der Waals surface area contributed by atoms with Crippen molar-refractivity contribution in [2.75, 3.05) is 0 Å². The second-order valence-electron chi connectivity index (χ2n) is 5.25. The maximum absolute atomic E-state index is 11.0. The highest BCUT2D eigenvalue weighted by Crippen LogP contribution is 2.57. The summed E-state index contributed by atoms with van der Waals surface area (Å²) in [6.45, 7) is 1.63. The topological polar surface area (TPSA) is 87.1 Å². The molecule has 0 bridgehead atoms. The number of carbonyl (C=O) groups excluding carboxylic acids is 1. The molecule has 1 fully saturated rings. The predicted molar refractivity (Wildman–Crippen MR) is 78.3 cm³/mol. The lowest BCUT2D eigenvalue weighted by molar-refractivity contribution is -0.113. The Bertz CT molecular complexity index is 685. The molecule has 1 aliphatic rings. The zero-order chi connectivity index (χ0) is 15.5. The first-order valence-corrected chi connectivity index (χ1v) is 6.64. The summed E-state index contributed by atoms with van der Waals surface area (Å²) in [7, 11) is 0. The summed E-state index contributed by atoms with van der Waals surface area (Å²) in [5, 5.41) is 20.4. The summed E-state index contributed by atoms with van der Waals surface area (Å²) >= 11 is 0. The minimum absolute atomic E-state index is 0.450. The van der Waals surface area contributed by atoms with E-state index in [2.05, 4.69) is 17.9 Å². The highest BCUT2D eigenvalue weighted by Gasteiger charge is 2.60. The number of nitriles is 1. The van der Waals surface area contributed by atoms with Gasteiger partial charge in [0.1, 0.15) is 5.41 Å². The number of hydrogen-bond acceptors (Lipinski definition) is 3. The van der Waals surface area contributed by atoms with E-state index in [4.69, 9.17) is 5.73 Å². The Morgan fingerprint density at radius 1 is 1.43 bits per heavy atom. The largest absolute Gasteiger partial charge is 0.372 e. The Morgan fingerprint density at radius 3 is 2.52 bits per heavy atom. The van der Waals surface area contributed by atoms with Crippen LogP contribution in [0.4, 0.5) is 0 Å². The molecule has 1 saturated carbocycles. The van der Waals surface area contributed by atoms with Gasteiger partial charge < -0.3 is 10.8 Å². The second kappa shape index (κ2) is 5.44. The van der Waals surface area contributed by atoms with Gasteiger partial charge in [-0.15, -0.1) is 0 Å². The third-order valence-corrected chi connectivity index (χ3v) is 3.65. The van der Waals surface area contributed by atoms with E-state index in [1.165, 1.54) is 6.08 Å². The highest BCUT2D eigenvalue weighted by molar-refractivity contribution is 5.87. The Balaban J connectivity index is 2.48. The lowest BCUT2D eigenvalue weighted by Gasteiger charge is -2.27. The van der Waals surface area contributed by atoms with E-state index >= 15 is 0 Å². The Hall–Kier alpha value is -2.56. The van der Waals surface area contributed by atoms with Crippen LogP contribution >= 0.6 is 0 Å². The van der Waals surface area contributed by atoms with Crippen LogP contribution in [0.3, 0.4) is 0 Å². The molecule has 0 aromatic heterocycles. The highest BCUT2D eigenvalue weighted by atomic mass is 16.3. The number of carbonyl (C=O) groups is 1. The third kappa shape index (κ3) is 2.81. The van der Waals surface area contributed by atoms with Crippen LogP contribution in [-0.4, -0.2) is 11.0 Å². The van der Waals surface area contributed by atoms with Crippen LogP contribution in [0.1, 0.15) is 25.3 Å². The predicted octanol–water partition coefficient (Wildman–Crippen LogP) is 1.61. The lowest BCUT2D eigenvalue weighted by atomic mass is 9.79. The van der Waals surface area contributed by atoms with Crippen molar-refractivity contribution in [1.29, 1.82) is 5.26 Å². The molecule has 1 amide bonds. The first-order valence-electron chi connectivity index (χ1n) is 6.64. The lowest BCUT2D eigenvalue weighted by Crippen LogP contribution is -2.34. The average molecular weight is 280 g/mol. The molecule has 21 heavy (non-hydrogen) atoms. The Labute approximate surface area is 123 Å². The molecule has 0 unspecified atom stereocenters. The number of allylic oxidation sites excluding steroid dienone is 1. The number of benzene rings is 1. The Morgan fingerprint density at radius 2 is 2.05 bits per heavy atom. The van der Waals surface area contributed by atoms with E-state index in [-0.39, 0.29) is 0 Å². The molecule has 0 heterocycles. The molecule has 1 aliphatic carbocycles. The van der Waals surface area contributed by atoms with Crippen LogP contribution in [0.15, 0.2) is 42.0 Å². The van der Waals surface area contributed by atoms with Crippen molar-refractivity contribution in [1.82, 2.24) is 0 Å². The third-order valence-electron chi connectivity index (χ3n) is 3.65. The van der Waals surface area contributed by atoms with Crippen LogP contribution in [0.5, 0.6) is 0 Å². The second-order valence-corrected chi connectivity index (χ2v) is 5.25. The van der Waals surface area contributed by atoms with Crippen molar-refractivity contribution in [3.8, 4) is 17.9 Å². The average Bonchev–Trinajstić information content (AvgIpc) is 3.26. The quantitative estimate of drug-likeness (QED) is 0.651. The number of hydrogen-bond donors (Lipinski definition) is 2. The standard InChI is InChI=1S/C17H16N2O2/c1-13(11-15(19)20)7-8-17(21,16(12-18)9-10-16)14-5-3-2-4-6-14/h2-6,11,21H,9-10H2,1H3,(H2,19,20)/b13-11+/t17-/m0/s1. The maximum Gasteiger partial charge on any atom is 0.242 e. The number of primary amides is 1. The molecular formula is C17H16N2O2. The molecule has 106 valence electrons. The van der Waals surface area contributed by atoms with Gasteiger partial charge in [0.05, 0.1) is 6.07 Å². The number of nitrogens with two attached hydrogens (primary N) is 1. The molecule has 1 aromatic carbocycles. The van der Waals surface area contributed by atoms with Gasteiger partial charge in [0.2, 0.25) is 5.91 Å². The normalized spacial score (nSPS) is 18.6. The fourth-order valence-corrected chi connectivity index (χ4v) is 2.27. The Kier molecular flexibility index (Phi) is 3.84. The molecule has 1 atom stereocenters. The summed E-state index contributed by atoms with van der Waals surface area (Å²) in [6.07, 6.45) is 2.40. The van der Waals surface area contributed by atoms with Gasteiger partial charge in [-0.1, -0.05) is 42.2 Å². The van der Waals surface area contributed by atoms with Gasteiger partial charge in [0.25, 0.3) is 0 Å². The van der Waals surface area contributed by atoms with Gasteiger partial charge >= 0.3 is 0 Å². The van der Waals surface area contributed by atoms with Crippen molar-refractivity contribution >= 4 is 5.91 Å². The molecule has 3 N–H and O–H groups in total. The van der Waals surface area contributed by atoms with E-state index in [0.717, 1.165) is 0 Å². The molecule has 2 rings (SSSR count). The maximum atomic E-state index is 11.0. The van der Waals surface area contributed by atoms with Gasteiger partial charge in [-0.05, 0) is 25.3 Å². The summed E-state index contributed by atoms with van der Waals surface area (Å²) in [6, 6.07) is 11.1. The van der Waals surface area contributed by atoms with E-state index in [1.807, 2.05) is 6.07 Å². The van der Waals surface area contributed by atoms with Crippen LogP contribution in [-0.2, 0) is 10.4 Å². The number of rotatable bonds is 3. The van der Waals surface area contributed by atoms with Gasteiger partial charge in [0.15, 0.2) is 5.60 Å². The van der Waals surface area contributed by atoms with Gasteiger partial charge in [-0.25, -0.2) is 0 Å². The van der Waals surface area contributed by atoms with Crippen molar-refractivity contribution in [2.45, 2.75) is 25.4 Å². The fraction of sp³-hybridized carbons (Fsp3) is 0.294. The minimum Gasteiger partial charge on any atom is -0.372 e.